The predicted octanol–water partition coefficient (Wildman–Crippen LogP) is 2.34. The molecule has 86 valence electrons. The first-order chi connectivity index (χ1) is 7.71. The molecule has 1 N–H and O–H groups in total. The topological polar surface area (TPSA) is 23.2 Å². The maximum atomic E-state index is 9.52. The second-order valence-electron chi connectivity index (χ2n) is 5.09. The summed E-state index contributed by atoms with van der Waals surface area (Å²) in [6.07, 6.45) is 3.52. The van der Waals surface area contributed by atoms with E-state index < -0.39 is 0 Å². The summed E-state index contributed by atoms with van der Waals surface area (Å²) in [7, 11) is 0. The van der Waals surface area contributed by atoms with E-state index in [1.807, 2.05) is 12.1 Å². The van der Waals surface area contributed by atoms with Gasteiger partial charge >= 0.3 is 0 Å². The smallest absolute Gasteiger partial charge is 0.115 e. The van der Waals surface area contributed by atoms with E-state index in [9.17, 15) is 5.11 Å². The summed E-state index contributed by atoms with van der Waals surface area (Å²) in [5.41, 5.74) is 3.23. The van der Waals surface area contributed by atoms with Gasteiger partial charge in [0.15, 0.2) is 0 Å². The van der Waals surface area contributed by atoms with Crippen LogP contribution in [0.3, 0.4) is 0 Å². The third-order valence-corrected chi connectivity index (χ3v) is 4.55. The molecule has 2 heteroatoms. The molecule has 3 unspecified atom stereocenters. The number of likely N-dealkylation sites (N-methyl/N-ethyl adjacent to an activating group) is 1. The van der Waals surface area contributed by atoms with E-state index in [0.29, 0.717) is 11.3 Å². The average Bonchev–Trinajstić information content (AvgIpc) is 2.93. The zero-order valence-electron chi connectivity index (χ0n) is 10.0. The summed E-state index contributed by atoms with van der Waals surface area (Å²) in [5, 5.41) is 9.52. The monoisotopic (exact) mass is 217 g/mol. The van der Waals surface area contributed by atoms with Gasteiger partial charge in [-0.05, 0) is 49.1 Å². The van der Waals surface area contributed by atoms with Crippen molar-refractivity contribution in [2.24, 2.45) is 0 Å². The van der Waals surface area contributed by atoms with Gasteiger partial charge in [-0.15, -0.1) is 0 Å². The predicted molar refractivity (Wildman–Crippen MR) is 64.7 cm³/mol. The second kappa shape index (κ2) is 3.24. The molecule has 1 heterocycles. The van der Waals surface area contributed by atoms with Crippen LogP contribution in [0.4, 0.5) is 0 Å². The van der Waals surface area contributed by atoms with Crippen molar-refractivity contribution >= 4 is 0 Å². The number of phenolic OH excluding ortho intramolecular Hbond substituents is 1. The molecule has 1 aromatic carbocycles. The number of rotatable bonds is 2. The van der Waals surface area contributed by atoms with Crippen molar-refractivity contribution in [3.8, 4) is 5.75 Å². The highest BCUT2D eigenvalue weighted by Crippen LogP contribution is 2.51. The Balaban J connectivity index is 1.96. The normalized spacial score (nSPS) is 35.4. The van der Waals surface area contributed by atoms with Crippen molar-refractivity contribution in [2.45, 2.75) is 44.7 Å². The Bertz CT molecular complexity index is 429. The number of aromatic hydroxyl groups is 1. The molecule has 16 heavy (non-hydrogen) atoms. The third-order valence-electron chi connectivity index (χ3n) is 4.55. The van der Waals surface area contributed by atoms with Gasteiger partial charge in [-0.25, -0.2) is 0 Å². The molecule has 0 aromatic heterocycles. The fourth-order valence-electron chi connectivity index (χ4n) is 3.64. The van der Waals surface area contributed by atoms with Crippen LogP contribution in [0.1, 0.15) is 31.4 Å². The summed E-state index contributed by atoms with van der Waals surface area (Å²) >= 11 is 0. The Hall–Kier alpha value is -1.02. The van der Waals surface area contributed by atoms with Gasteiger partial charge in [0.25, 0.3) is 0 Å². The maximum absolute atomic E-state index is 9.52. The van der Waals surface area contributed by atoms with Crippen LogP contribution >= 0.6 is 0 Å². The minimum absolute atomic E-state index is 0.409. The number of fused-ring (bicyclic) bond motifs is 2. The van der Waals surface area contributed by atoms with E-state index >= 15 is 0 Å². The molecule has 0 spiro atoms. The van der Waals surface area contributed by atoms with Gasteiger partial charge in [0.2, 0.25) is 0 Å². The van der Waals surface area contributed by atoms with Crippen molar-refractivity contribution in [2.75, 3.05) is 6.54 Å². The zero-order valence-corrected chi connectivity index (χ0v) is 10.0. The molecule has 3 atom stereocenters. The lowest BCUT2D eigenvalue weighted by Gasteiger charge is -2.21. The molecule has 1 aliphatic heterocycles. The first-order valence-electron chi connectivity index (χ1n) is 6.29. The SMILES string of the molecule is CCN1C2Cc3cc(O)ccc3CC21CC. The number of phenols is 1. The van der Waals surface area contributed by atoms with Gasteiger partial charge in [-0.1, -0.05) is 19.9 Å². The molecule has 2 aliphatic rings. The summed E-state index contributed by atoms with van der Waals surface area (Å²) < 4.78 is 0. The molecule has 0 bridgehead atoms. The number of hydrogen-bond acceptors (Lipinski definition) is 2. The highest BCUT2D eigenvalue weighted by atomic mass is 16.3. The number of hydrogen-bond donors (Lipinski definition) is 1. The van der Waals surface area contributed by atoms with Crippen molar-refractivity contribution in [3.63, 3.8) is 0 Å². The quantitative estimate of drug-likeness (QED) is 0.769. The molecule has 1 aliphatic carbocycles. The van der Waals surface area contributed by atoms with Crippen LogP contribution in [0, 0.1) is 0 Å². The first-order valence-corrected chi connectivity index (χ1v) is 6.29. The fraction of sp³-hybridized carbons (Fsp3) is 0.571. The van der Waals surface area contributed by atoms with Gasteiger partial charge < -0.3 is 5.11 Å². The van der Waals surface area contributed by atoms with Crippen LogP contribution in [0.5, 0.6) is 5.75 Å². The lowest BCUT2D eigenvalue weighted by molar-refractivity contribution is 0.405. The average molecular weight is 217 g/mol. The number of benzene rings is 1. The molecule has 1 saturated heterocycles. The van der Waals surface area contributed by atoms with Crippen molar-refractivity contribution < 1.29 is 5.11 Å². The Labute approximate surface area is 96.9 Å². The van der Waals surface area contributed by atoms with Gasteiger partial charge in [-0.3, -0.25) is 4.90 Å². The van der Waals surface area contributed by atoms with E-state index in [0.717, 1.165) is 25.4 Å². The van der Waals surface area contributed by atoms with Crippen LogP contribution in [-0.4, -0.2) is 28.1 Å². The summed E-state index contributed by atoms with van der Waals surface area (Å²) in [5.74, 6) is 0.409. The zero-order chi connectivity index (χ0) is 11.3. The van der Waals surface area contributed by atoms with Gasteiger partial charge in [0, 0.05) is 11.6 Å². The van der Waals surface area contributed by atoms with Crippen LogP contribution in [0.15, 0.2) is 18.2 Å². The second-order valence-corrected chi connectivity index (χ2v) is 5.09. The number of nitrogens with zero attached hydrogens (tertiary/aromatic N) is 1. The van der Waals surface area contributed by atoms with Crippen molar-refractivity contribution in [1.82, 2.24) is 4.90 Å². The van der Waals surface area contributed by atoms with E-state index in [-0.39, 0.29) is 0 Å². The van der Waals surface area contributed by atoms with Crippen LogP contribution in [0.2, 0.25) is 0 Å². The van der Waals surface area contributed by atoms with E-state index in [2.05, 4.69) is 24.8 Å². The van der Waals surface area contributed by atoms with Crippen LogP contribution in [-0.2, 0) is 12.8 Å². The minimum Gasteiger partial charge on any atom is -0.508 e. The lowest BCUT2D eigenvalue weighted by atomic mass is 9.82. The van der Waals surface area contributed by atoms with Gasteiger partial charge in [0.05, 0.1) is 0 Å². The summed E-state index contributed by atoms with van der Waals surface area (Å²) in [6.45, 7) is 5.70. The van der Waals surface area contributed by atoms with Crippen LogP contribution in [0.25, 0.3) is 0 Å². The molecule has 1 fully saturated rings. The molecule has 1 aromatic rings. The Kier molecular flexibility index (Phi) is 2.05. The highest BCUT2D eigenvalue weighted by Gasteiger charge is 2.61. The minimum atomic E-state index is 0.409. The van der Waals surface area contributed by atoms with E-state index in [1.54, 1.807) is 0 Å². The molecule has 0 saturated carbocycles. The van der Waals surface area contributed by atoms with Crippen molar-refractivity contribution in [1.29, 1.82) is 0 Å². The standard InChI is InChI=1S/C14H19NO/c1-3-14-9-10-5-6-12(16)7-11(10)8-13(14)15(14)4-2/h5-7,13,16H,3-4,8-9H2,1-2H3. The lowest BCUT2D eigenvalue weighted by Crippen LogP contribution is -2.26. The largest absolute Gasteiger partial charge is 0.508 e. The molecule has 3 rings (SSSR count). The third kappa shape index (κ3) is 1.17. The fourth-order valence-corrected chi connectivity index (χ4v) is 3.64. The summed E-state index contributed by atoms with van der Waals surface area (Å²) in [4.78, 5) is 2.62. The van der Waals surface area contributed by atoms with Crippen LogP contribution < -0.4 is 0 Å². The highest BCUT2D eigenvalue weighted by molar-refractivity contribution is 5.43. The Morgan fingerprint density at radius 2 is 2.19 bits per heavy atom. The maximum Gasteiger partial charge on any atom is 0.115 e. The first kappa shape index (κ1) is 10.2. The Morgan fingerprint density at radius 3 is 2.88 bits per heavy atom. The Morgan fingerprint density at radius 1 is 1.38 bits per heavy atom. The molecular weight excluding hydrogens is 198 g/mol. The molecule has 0 amide bonds. The van der Waals surface area contributed by atoms with Gasteiger partial charge in [-0.2, -0.15) is 0 Å². The van der Waals surface area contributed by atoms with Gasteiger partial charge in [0.1, 0.15) is 5.75 Å². The van der Waals surface area contributed by atoms with E-state index in [4.69, 9.17) is 0 Å². The summed E-state index contributed by atoms with van der Waals surface area (Å²) in [6, 6.07) is 6.59. The van der Waals surface area contributed by atoms with E-state index in [1.165, 1.54) is 17.5 Å². The molecular formula is C14H19NO. The van der Waals surface area contributed by atoms with Crippen molar-refractivity contribution in [3.05, 3.63) is 29.3 Å². The molecule has 2 nitrogen and oxygen atoms in total. The molecule has 0 radical (unpaired) electrons.